The molecule has 1 atom stereocenters. The smallest absolute Gasteiger partial charge is 0.307 e. The van der Waals surface area contributed by atoms with Crippen molar-refractivity contribution in [2.24, 2.45) is 5.92 Å². The Morgan fingerprint density at radius 2 is 2.00 bits per heavy atom. The van der Waals surface area contributed by atoms with Gasteiger partial charge in [-0.2, -0.15) is 0 Å². The number of hydrogen-bond acceptors (Lipinski definition) is 0. The van der Waals surface area contributed by atoms with Gasteiger partial charge in [-0.3, -0.25) is 0 Å². The monoisotopic (exact) mass is 131 g/mol. The van der Waals surface area contributed by atoms with Crippen LogP contribution in [-0.4, -0.2) is 12.5 Å². The van der Waals surface area contributed by atoms with E-state index >= 15 is 0 Å². The lowest BCUT2D eigenvalue weighted by atomic mass is 10.2. The van der Waals surface area contributed by atoms with Crippen LogP contribution < -0.4 is 0 Å². The van der Waals surface area contributed by atoms with Crippen LogP contribution in [0, 0.1) is 12.5 Å². The highest BCUT2D eigenvalue weighted by Crippen LogP contribution is 2.36. The van der Waals surface area contributed by atoms with Gasteiger partial charge in [0.1, 0.15) is 0 Å². The molecule has 50 valence electrons. The maximum atomic E-state index is 11.8. The van der Waals surface area contributed by atoms with Gasteiger partial charge in [-0.1, -0.05) is 0 Å². The molecule has 1 aliphatic rings. The first-order valence-electron chi connectivity index (χ1n) is 2.90. The van der Waals surface area contributed by atoms with Gasteiger partial charge in [0.05, 0.1) is 0 Å². The summed E-state index contributed by atoms with van der Waals surface area (Å²) < 4.78 is 23.6. The number of hydrogen-bond donors (Lipinski definition) is 0. The van der Waals surface area contributed by atoms with Crippen LogP contribution in [0.3, 0.4) is 0 Å². The minimum atomic E-state index is -2.44. The Morgan fingerprint density at radius 3 is 2.11 bits per heavy atom. The average molecular weight is 131 g/mol. The first-order chi connectivity index (χ1) is 4.25. The molecule has 1 fully saturated rings. The number of alkyl halides is 2. The second-order valence-electron chi connectivity index (χ2n) is 2.29. The van der Waals surface area contributed by atoms with Crippen molar-refractivity contribution in [2.45, 2.75) is 25.3 Å². The van der Waals surface area contributed by atoms with Crippen molar-refractivity contribution in [1.82, 2.24) is 0 Å². The summed E-state index contributed by atoms with van der Waals surface area (Å²) in [6, 6.07) is -1.01. The molecule has 0 radical (unpaired) electrons. The highest BCUT2D eigenvalue weighted by Gasteiger charge is 2.42. The molecule has 1 saturated carbocycles. The van der Waals surface area contributed by atoms with Gasteiger partial charge in [0.25, 0.3) is 6.04 Å². The van der Waals surface area contributed by atoms with Gasteiger partial charge >= 0.3 is 6.43 Å². The van der Waals surface area contributed by atoms with Gasteiger partial charge in [-0.25, -0.2) is 15.4 Å². The predicted molar refractivity (Wildman–Crippen MR) is 29.1 cm³/mol. The van der Waals surface area contributed by atoms with Gasteiger partial charge in [0, 0.05) is 5.92 Å². The zero-order valence-electron chi connectivity index (χ0n) is 4.85. The molecular formula is C6H7F2N. The van der Waals surface area contributed by atoms with E-state index < -0.39 is 12.5 Å². The Bertz CT molecular complexity index is 132. The largest absolute Gasteiger partial charge is 0.312 e. The molecule has 0 aromatic heterocycles. The van der Waals surface area contributed by atoms with Crippen molar-refractivity contribution >= 4 is 0 Å². The summed E-state index contributed by atoms with van der Waals surface area (Å²) >= 11 is 0. The van der Waals surface area contributed by atoms with Gasteiger partial charge in [-0.05, 0) is 12.8 Å². The fraction of sp³-hybridized carbons (Fsp3) is 0.833. The quantitative estimate of drug-likeness (QED) is 0.504. The molecule has 1 unspecified atom stereocenters. The van der Waals surface area contributed by atoms with Crippen LogP contribution in [0.25, 0.3) is 4.85 Å². The van der Waals surface area contributed by atoms with Crippen molar-refractivity contribution in [3.8, 4) is 0 Å². The van der Waals surface area contributed by atoms with E-state index in [1.807, 2.05) is 0 Å². The summed E-state index contributed by atoms with van der Waals surface area (Å²) in [5.41, 5.74) is 0. The highest BCUT2D eigenvalue weighted by atomic mass is 19.3. The van der Waals surface area contributed by atoms with Crippen molar-refractivity contribution in [2.75, 3.05) is 0 Å². The van der Waals surface area contributed by atoms with E-state index in [1.54, 1.807) is 0 Å². The van der Waals surface area contributed by atoms with Crippen LogP contribution in [0.5, 0.6) is 0 Å². The fourth-order valence-corrected chi connectivity index (χ4v) is 0.805. The summed E-state index contributed by atoms with van der Waals surface area (Å²) in [6.07, 6.45) is -0.801. The van der Waals surface area contributed by atoms with Crippen LogP contribution in [0.4, 0.5) is 8.78 Å². The number of nitrogens with zero attached hydrogens (tertiary/aromatic N) is 1. The van der Waals surface area contributed by atoms with Crippen molar-refractivity contribution < 1.29 is 8.78 Å². The molecule has 9 heavy (non-hydrogen) atoms. The number of halogens is 2. The summed E-state index contributed by atoms with van der Waals surface area (Å²) in [7, 11) is 0. The zero-order valence-corrected chi connectivity index (χ0v) is 4.85. The molecule has 0 aliphatic heterocycles. The Balaban J connectivity index is 2.40. The molecule has 1 aliphatic carbocycles. The van der Waals surface area contributed by atoms with Crippen molar-refractivity contribution in [3.05, 3.63) is 11.4 Å². The van der Waals surface area contributed by atoms with Gasteiger partial charge in [-0.15, -0.1) is 0 Å². The van der Waals surface area contributed by atoms with E-state index in [1.165, 1.54) is 0 Å². The Morgan fingerprint density at radius 1 is 1.44 bits per heavy atom. The maximum absolute atomic E-state index is 11.8. The van der Waals surface area contributed by atoms with Crippen LogP contribution in [-0.2, 0) is 0 Å². The Labute approximate surface area is 52.5 Å². The Hall–Kier alpha value is -0.650. The van der Waals surface area contributed by atoms with E-state index in [4.69, 9.17) is 6.57 Å². The summed E-state index contributed by atoms with van der Waals surface area (Å²) in [6.45, 7) is 6.41. The molecule has 0 aromatic rings. The third-order valence-electron chi connectivity index (χ3n) is 1.51. The first kappa shape index (κ1) is 6.47. The lowest BCUT2D eigenvalue weighted by Crippen LogP contribution is -2.15. The van der Waals surface area contributed by atoms with Crippen molar-refractivity contribution in [3.63, 3.8) is 0 Å². The third kappa shape index (κ3) is 1.38. The molecule has 0 aromatic carbocycles. The summed E-state index contributed by atoms with van der Waals surface area (Å²) in [5.74, 6) is 0.00231. The predicted octanol–water partition coefficient (Wildman–Crippen LogP) is 1.95. The molecule has 1 rings (SSSR count). The lowest BCUT2D eigenvalue weighted by molar-refractivity contribution is 0.122. The lowest BCUT2D eigenvalue weighted by Gasteiger charge is -1.98. The van der Waals surface area contributed by atoms with E-state index in [9.17, 15) is 8.78 Å². The molecule has 0 heterocycles. The van der Waals surface area contributed by atoms with E-state index in [0.29, 0.717) is 0 Å². The second-order valence-corrected chi connectivity index (χ2v) is 2.29. The maximum Gasteiger partial charge on any atom is 0.312 e. The topological polar surface area (TPSA) is 4.36 Å². The third-order valence-corrected chi connectivity index (χ3v) is 1.51. The molecule has 0 bridgehead atoms. The molecule has 3 heteroatoms. The molecule has 0 amide bonds. The molecule has 0 spiro atoms. The van der Waals surface area contributed by atoms with E-state index in [-0.39, 0.29) is 5.92 Å². The molecule has 1 nitrogen and oxygen atoms in total. The standard InChI is InChI=1S/C6H7F2N/c1-9-5(6(7)8)4-2-3-4/h4-6H,2-3H2. The Kier molecular flexibility index (Phi) is 1.65. The van der Waals surface area contributed by atoms with Crippen LogP contribution in [0.1, 0.15) is 12.8 Å². The summed E-state index contributed by atoms with van der Waals surface area (Å²) in [4.78, 5) is 2.85. The van der Waals surface area contributed by atoms with Gasteiger partial charge < -0.3 is 4.85 Å². The van der Waals surface area contributed by atoms with Crippen LogP contribution in [0.2, 0.25) is 0 Å². The van der Waals surface area contributed by atoms with Gasteiger partial charge in [0.15, 0.2) is 0 Å². The average Bonchev–Trinajstić information content (AvgIpc) is 2.50. The van der Waals surface area contributed by atoms with Gasteiger partial charge in [0.2, 0.25) is 0 Å². The second kappa shape index (κ2) is 2.30. The molecule has 0 saturated heterocycles. The van der Waals surface area contributed by atoms with E-state index in [0.717, 1.165) is 12.8 Å². The summed E-state index contributed by atoms with van der Waals surface area (Å²) in [5, 5.41) is 0. The van der Waals surface area contributed by atoms with E-state index in [2.05, 4.69) is 4.85 Å². The van der Waals surface area contributed by atoms with Crippen LogP contribution >= 0.6 is 0 Å². The normalized spacial score (nSPS) is 21.6. The first-order valence-corrected chi connectivity index (χ1v) is 2.90. The molecule has 0 N–H and O–H groups in total. The zero-order chi connectivity index (χ0) is 6.85. The molecular weight excluding hydrogens is 124 g/mol. The fourth-order valence-electron chi connectivity index (χ4n) is 0.805. The SMILES string of the molecule is [C-]#[N+]C(C(F)F)C1CC1. The van der Waals surface area contributed by atoms with Crippen molar-refractivity contribution in [1.29, 1.82) is 0 Å². The number of rotatable bonds is 2. The highest BCUT2D eigenvalue weighted by molar-refractivity contribution is 4.94. The minimum absolute atomic E-state index is 0.00231. The minimum Gasteiger partial charge on any atom is -0.307 e. The van der Waals surface area contributed by atoms with Crippen LogP contribution in [0.15, 0.2) is 0 Å².